The molecule has 0 aliphatic carbocycles. The lowest BCUT2D eigenvalue weighted by atomic mass is 10.0. The van der Waals surface area contributed by atoms with Gasteiger partial charge in [-0.1, -0.05) is 25.1 Å². The molecule has 1 heterocycles. The van der Waals surface area contributed by atoms with Crippen LogP contribution in [0.4, 0.5) is 0 Å². The molecule has 2 aromatic carbocycles. The molecule has 20 heavy (non-hydrogen) atoms. The van der Waals surface area contributed by atoms with E-state index in [9.17, 15) is 5.11 Å². The van der Waals surface area contributed by atoms with Crippen molar-refractivity contribution in [3.63, 3.8) is 0 Å². The fraction of sp³-hybridized carbons (Fsp3) is 0.222. The van der Waals surface area contributed by atoms with E-state index in [4.69, 9.17) is 0 Å². The lowest BCUT2D eigenvalue weighted by Crippen LogP contribution is -1.91. The van der Waals surface area contributed by atoms with Crippen LogP contribution in [-0.2, 0) is 19.3 Å². The average molecular weight is 265 g/mol. The minimum atomic E-state index is 0.329. The van der Waals surface area contributed by atoms with Gasteiger partial charge in [-0.3, -0.25) is 0 Å². The Kier molecular flexibility index (Phi) is 3.46. The van der Waals surface area contributed by atoms with Gasteiger partial charge in [0.2, 0.25) is 0 Å². The molecule has 0 bridgehead atoms. The van der Waals surface area contributed by atoms with Crippen LogP contribution in [0.25, 0.3) is 10.9 Å². The molecule has 0 amide bonds. The first-order valence-electron chi connectivity index (χ1n) is 7.13. The van der Waals surface area contributed by atoms with Gasteiger partial charge in [0.1, 0.15) is 5.75 Å². The maximum atomic E-state index is 9.29. The zero-order valence-electron chi connectivity index (χ0n) is 11.7. The SMILES string of the molecule is CCc1c[nH]c2ccc(CCc3ccc(O)cc3)cc12. The van der Waals surface area contributed by atoms with Crippen molar-refractivity contribution in [2.75, 3.05) is 0 Å². The zero-order valence-corrected chi connectivity index (χ0v) is 11.7. The first-order valence-corrected chi connectivity index (χ1v) is 7.13. The molecule has 2 heteroatoms. The number of H-pyrrole nitrogens is 1. The molecule has 2 nitrogen and oxygen atoms in total. The van der Waals surface area contributed by atoms with Gasteiger partial charge in [0.25, 0.3) is 0 Å². The summed E-state index contributed by atoms with van der Waals surface area (Å²) in [7, 11) is 0. The van der Waals surface area contributed by atoms with Gasteiger partial charge in [0.05, 0.1) is 0 Å². The Bertz CT molecular complexity index is 710. The van der Waals surface area contributed by atoms with E-state index >= 15 is 0 Å². The Balaban J connectivity index is 1.78. The Labute approximate surface area is 119 Å². The summed E-state index contributed by atoms with van der Waals surface area (Å²) < 4.78 is 0. The van der Waals surface area contributed by atoms with Crippen molar-refractivity contribution in [1.82, 2.24) is 4.98 Å². The summed E-state index contributed by atoms with van der Waals surface area (Å²) in [6.07, 6.45) is 5.18. The number of phenols is 1. The van der Waals surface area contributed by atoms with Crippen LogP contribution in [0, 0.1) is 0 Å². The highest BCUT2D eigenvalue weighted by Crippen LogP contribution is 2.21. The number of aromatic amines is 1. The first kappa shape index (κ1) is 12.8. The van der Waals surface area contributed by atoms with Crippen LogP contribution in [-0.4, -0.2) is 10.1 Å². The van der Waals surface area contributed by atoms with Gasteiger partial charge in [-0.2, -0.15) is 0 Å². The molecular weight excluding hydrogens is 246 g/mol. The average Bonchev–Trinajstić information content (AvgIpc) is 2.89. The molecule has 0 saturated heterocycles. The van der Waals surface area contributed by atoms with Crippen molar-refractivity contribution in [2.24, 2.45) is 0 Å². The van der Waals surface area contributed by atoms with Crippen molar-refractivity contribution in [3.05, 3.63) is 65.4 Å². The monoisotopic (exact) mass is 265 g/mol. The van der Waals surface area contributed by atoms with Gasteiger partial charge in [-0.15, -0.1) is 0 Å². The maximum absolute atomic E-state index is 9.29. The molecule has 0 saturated carbocycles. The number of hydrogen-bond acceptors (Lipinski definition) is 1. The van der Waals surface area contributed by atoms with Crippen LogP contribution in [0.3, 0.4) is 0 Å². The molecule has 3 aromatic rings. The lowest BCUT2D eigenvalue weighted by Gasteiger charge is -2.04. The summed E-state index contributed by atoms with van der Waals surface area (Å²) in [4.78, 5) is 3.32. The number of phenolic OH excluding ortho intramolecular Hbond substituents is 1. The Hall–Kier alpha value is -2.22. The molecule has 0 unspecified atom stereocenters. The van der Waals surface area contributed by atoms with Gasteiger partial charge < -0.3 is 10.1 Å². The number of rotatable bonds is 4. The maximum Gasteiger partial charge on any atom is 0.115 e. The minimum absolute atomic E-state index is 0.329. The summed E-state index contributed by atoms with van der Waals surface area (Å²) in [6.45, 7) is 2.19. The molecular formula is C18H19NO. The van der Waals surface area contributed by atoms with Crippen molar-refractivity contribution in [1.29, 1.82) is 0 Å². The van der Waals surface area contributed by atoms with E-state index < -0.39 is 0 Å². The van der Waals surface area contributed by atoms with Gasteiger partial charge in [-0.05, 0) is 60.2 Å². The van der Waals surface area contributed by atoms with E-state index in [2.05, 4.69) is 36.3 Å². The van der Waals surface area contributed by atoms with Crippen LogP contribution in [0.5, 0.6) is 5.75 Å². The van der Waals surface area contributed by atoms with Crippen molar-refractivity contribution < 1.29 is 5.11 Å². The Morgan fingerprint density at radius 1 is 0.950 bits per heavy atom. The summed E-state index contributed by atoms with van der Waals surface area (Å²) >= 11 is 0. The molecule has 3 rings (SSSR count). The van der Waals surface area contributed by atoms with Gasteiger partial charge >= 0.3 is 0 Å². The molecule has 2 N–H and O–H groups in total. The van der Waals surface area contributed by atoms with Gasteiger partial charge in [0, 0.05) is 17.1 Å². The second kappa shape index (κ2) is 5.41. The number of aromatic hydroxyl groups is 1. The molecule has 0 atom stereocenters. The van der Waals surface area contributed by atoms with Gasteiger partial charge in [-0.25, -0.2) is 0 Å². The molecule has 1 aromatic heterocycles. The fourth-order valence-corrected chi connectivity index (χ4v) is 2.62. The lowest BCUT2D eigenvalue weighted by molar-refractivity contribution is 0.475. The van der Waals surface area contributed by atoms with E-state index in [0.29, 0.717) is 5.75 Å². The molecule has 102 valence electrons. The largest absolute Gasteiger partial charge is 0.508 e. The van der Waals surface area contributed by atoms with Crippen LogP contribution in [0.15, 0.2) is 48.7 Å². The highest BCUT2D eigenvalue weighted by molar-refractivity contribution is 5.83. The normalized spacial score (nSPS) is 11.1. The summed E-state index contributed by atoms with van der Waals surface area (Å²) in [5, 5.41) is 10.6. The first-order chi connectivity index (χ1) is 9.76. The predicted octanol–water partition coefficient (Wildman–Crippen LogP) is 4.22. The number of benzene rings is 2. The molecule has 0 spiro atoms. The minimum Gasteiger partial charge on any atom is -0.508 e. The third-order valence-electron chi connectivity index (χ3n) is 3.85. The van der Waals surface area contributed by atoms with E-state index in [0.717, 1.165) is 19.3 Å². The Morgan fingerprint density at radius 3 is 2.40 bits per heavy atom. The molecule has 0 fully saturated rings. The highest BCUT2D eigenvalue weighted by Gasteiger charge is 2.03. The summed E-state index contributed by atoms with van der Waals surface area (Å²) in [6, 6.07) is 14.1. The van der Waals surface area contributed by atoms with E-state index in [1.165, 1.54) is 27.6 Å². The fourth-order valence-electron chi connectivity index (χ4n) is 2.62. The van der Waals surface area contributed by atoms with Gasteiger partial charge in [0.15, 0.2) is 0 Å². The van der Waals surface area contributed by atoms with Crippen molar-refractivity contribution in [3.8, 4) is 5.75 Å². The number of aryl methyl sites for hydroxylation is 3. The number of hydrogen-bond donors (Lipinski definition) is 2. The standard InChI is InChI=1S/C18H19NO/c1-2-15-12-19-18-10-7-14(11-17(15)18)4-3-13-5-8-16(20)9-6-13/h5-12,19-20H,2-4H2,1H3. The third kappa shape index (κ3) is 2.55. The second-order valence-corrected chi connectivity index (χ2v) is 5.21. The highest BCUT2D eigenvalue weighted by atomic mass is 16.3. The van der Waals surface area contributed by atoms with Crippen LogP contribution >= 0.6 is 0 Å². The van der Waals surface area contributed by atoms with E-state index in [-0.39, 0.29) is 0 Å². The Morgan fingerprint density at radius 2 is 1.65 bits per heavy atom. The van der Waals surface area contributed by atoms with Crippen molar-refractivity contribution in [2.45, 2.75) is 26.2 Å². The third-order valence-corrected chi connectivity index (χ3v) is 3.85. The van der Waals surface area contributed by atoms with E-state index in [1.807, 2.05) is 12.1 Å². The molecule has 0 radical (unpaired) electrons. The number of aromatic nitrogens is 1. The zero-order chi connectivity index (χ0) is 13.9. The molecule has 0 aliphatic rings. The number of nitrogens with one attached hydrogen (secondary N) is 1. The quantitative estimate of drug-likeness (QED) is 0.728. The predicted molar refractivity (Wildman–Crippen MR) is 83.2 cm³/mol. The van der Waals surface area contributed by atoms with E-state index in [1.54, 1.807) is 12.1 Å². The topological polar surface area (TPSA) is 36.0 Å². The smallest absolute Gasteiger partial charge is 0.115 e. The second-order valence-electron chi connectivity index (χ2n) is 5.21. The van der Waals surface area contributed by atoms with Crippen LogP contribution in [0.2, 0.25) is 0 Å². The summed E-state index contributed by atoms with van der Waals surface area (Å²) in [5.41, 5.74) is 5.22. The molecule has 0 aliphatic heterocycles. The van der Waals surface area contributed by atoms with Crippen LogP contribution in [0.1, 0.15) is 23.6 Å². The summed E-state index contributed by atoms with van der Waals surface area (Å²) in [5.74, 6) is 0.329. The van der Waals surface area contributed by atoms with Crippen LogP contribution < -0.4 is 0 Å². The van der Waals surface area contributed by atoms with Crippen molar-refractivity contribution >= 4 is 10.9 Å². The number of fused-ring (bicyclic) bond motifs is 1.